The van der Waals surface area contributed by atoms with Crippen LogP contribution in [0.3, 0.4) is 0 Å². The lowest BCUT2D eigenvalue weighted by molar-refractivity contribution is -0.132. The Labute approximate surface area is 70.4 Å². The highest BCUT2D eigenvalue weighted by molar-refractivity contribution is 5.91. The van der Waals surface area contributed by atoms with Gasteiger partial charge in [-0.15, -0.1) is 0 Å². The minimum Gasteiger partial charge on any atom is -0.478 e. The molecule has 3 heteroatoms. The van der Waals surface area contributed by atoms with Gasteiger partial charge in [-0.1, -0.05) is 6.07 Å². The average Bonchev–Trinajstić information content (AvgIpc) is 2.06. The smallest absolute Gasteiger partial charge is 0.331 e. The Kier molecular flexibility index (Phi) is 2.58. The molecule has 0 amide bonds. The number of hydrogen-bond acceptors (Lipinski definition) is 2. The molecule has 0 bridgehead atoms. The minimum atomic E-state index is -0.916. The molecule has 0 saturated carbocycles. The Balaban J connectivity index is 2.89. The zero-order valence-electron chi connectivity index (χ0n) is 6.69. The lowest BCUT2D eigenvalue weighted by Crippen LogP contribution is -1.95. The molecule has 1 aromatic heterocycles. The number of carbonyl (C=O) groups is 1. The van der Waals surface area contributed by atoms with Crippen molar-refractivity contribution >= 4 is 12.0 Å². The van der Waals surface area contributed by atoms with Crippen LogP contribution < -0.4 is 0 Å². The molecule has 0 spiro atoms. The molecule has 0 aromatic carbocycles. The van der Waals surface area contributed by atoms with E-state index in [2.05, 4.69) is 4.98 Å². The standard InChI is InChI=1S/C9H9NO2/c1-7(9(11)12)6-8-4-2-3-5-10-8/h2-6H,1H3,(H,11,12)/b7-6-. The largest absolute Gasteiger partial charge is 0.478 e. The minimum absolute atomic E-state index is 0.286. The maximum absolute atomic E-state index is 10.4. The fourth-order valence-corrected chi connectivity index (χ4v) is 0.745. The summed E-state index contributed by atoms with van der Waals surface area (Å²) < 4.78 is 0. The van der Waals surface area contributed by atoms with Crippen LogP contribution in [0.1, 0.15) is 12.6 Å². The molecule has 0 atom stereocenters. The number of rotatable bonds is 2. The Morgan fingerprint density at radius 1 is 1.58 bits per heavy atom. The number of carboxylic acids is 1. The number of nitrogens with zero attached hydrogens (tertiary/aromatic N) is 1. The molecule has 0 radical (unpaired) electrons. The van der Waals surface area contributed by atoms with Gasteiger partial charge < -0.3 is 5.11 Å². The third-order valence-electron chi connectivity index (χ3n) is 1.39. The van der Waals surface area contributed by atoms with E-state index in [0.717, 1.165) is 0 Å². The molecule has 12 heavy (non-hydrogen) atoms. The second-order valence-electron chi connectivity index (χ2n) is 2.39. The third-order valence-corrected chi connectivity index (χ3v) is 1.39. The summed E-state index contributed by atoms with van der Waals surface area (Å²) in [6, 6.07) is 5.36. The second-order valence-corrected chi connectivity index (χ2v) is 2.39. The van der Waals surface area contributed by atoms with Crippen LogP contribution >= 0.6 is 0 Å². The zero-order chi connectivity index (χ0) is 8.97. The first-order chi connectivity index (χ1) is 5.70. The lowest BCUT2D eigenvalue weighted by Gasteiger charge is -1.92. The summed E-state index contributed by atoms with van der Waals surface area (Å²) in [5.74, 6) is -0.916. The highest BCUT2D eigenvalue weighted by Crippen LogP contribution is 2.02. The van der Waals surface area contributed by atoms with Gasteiger partial charge in [0, 0.05) is 11.8 Å². The first-order valence-corrected chi connectivity index (χ1v) is 3.53. The highest BCUT2D eigenvalue weighted by atomic mass is 16.4. The molecule has 1 rings (SSSR count). The maximum atomic E-state index is 10.4. The van der Waals surface area contributed by atoms with Gasteiger partial charge >= 0.3 is 5.97 Å². The van der Waals surface area contributed by atoms with Crippen LogP contribution in [-0.2, 0) is 4.79 Å². The summed E-state index contributed by atoms with van der Waals surface area (Å²) in [7, 11) is 0. The molecule has 62 valence electrons. The van der Waals surface area contributed by atoms with E-state index in [1.807, 2.05) is 6.07 Å². The van der Waals surface area contributed by atoms with Gasteiger partial charge in [-0.2, -0.15) is 0 Å². The molecular formula is C9H9NO2. The zero-order valence-corrected chi connectivity index (χ0v) is 6.69. The van der Waals surface area contributed by atoms with Gasteiger partial charge in [0.15, 0.2) is 0 Å². The third kappa shape index (κ3) is 2.20. The molecule has 0 unspecified atom stereocenters. The van der Waals surface area contributed by atoms with E-state index in [4.69, 9.17) is 5.11 Å². The van der Waals surface area contributed by atoms with Crippen LogP contribution in [0, 0.1) is 0 Å². The van der Waals surface area contributed by atoms with Gasteiger partial charge in [0.2, 0.25) is 0 Å². The van der Waals surface area contributed by atoms with Gasteiger partial charge in [0.1, 0.15) is 0 Å². The summed E-state index contributed by atoms with van der Waals surface area (Å²) in [6.45, 7) is 1.54. The van der Waals surface area contributed by atoms with Crippen molar-refractivity contribution in [2.24, 2.45) is 0 Å². The van der Waals surface area contributed by atoms with E-state index in [0.29, 0.717) is 5.69 Å². The molecule has 0 fully saturated rings. The maximum Gasteiger partial charge on any atom is 0.331 e. The summed E-state index contributed by atoms with van der Waals surface area (Å²) in [6.07, 6.45) is 3.16. The van der Waals surface area contributed by atoms with Crippen LogP contribution in [0.2, 0.25) is 0 Å². The van der Waals surface area contributed by atoms with E-state index in [9.17, 15) is 4.79 Å². The lowest BCUT2D eigenvalue weighted by atomic mass is 10.2. The number of aromatic nitrogens is 1. The van der Waals surface area contributed by atoms with Gasteiger partial charge in [0.25, 0.3) is 0 Å². The Bertz CT molecular complexity index is 304. The Morgan fingerprint density at radius 3 is 2.83 bits per heavy atom. The summed E-state index contributed by atoms with van der Waals surface area (Å²) >= 11 is 0. The van der Waals surface area contributed by atoms with E-state index in [-0.39, 0.29) is 5.57 Å². The molecule has 1 N–H and O–H groups in total. The topological polar surface area (TPSA) is 50.2 Å². The van der Waals surface area contributed by atoms with E-state index < -0.39 is 5.97 Å². The fourth-order valence-electron chi connectivity index (χ4n) is 0.745. The first-order valence-electron chi connectivity index (χ1n) is 3.53. The molecule has 0 saturated heterocycles. The Hall–Kier alpha value is -1.64. The van der Waals surface area contributed by atoms with Crippen LogP contribution in [0.5, 0.6) is 0 Å². The molecule has 0 aliphatic carbocycles. The monoisotopic (exact) mass is 163 g/mol. The first kappa shape index (κ1) is 8.46. The quantitative estimate of drug-likeness (QED) is 0.673. The predicted octanol–water partition coefficient (Wildman–Crippen LogP) is 1.57. The predicted molar refractivity (Wildman–Crippen MR) is 45.5 cm³/mol. The average molecular weight is 163 g/mol. The molecule has 0 aliphatic heterocycles. The van der Waals surface area contributed by atoms with Crippen LogP contribution in [0.25, 0.3) is 6.08 Å². The SMILES string of the molecule is C/C(=C/c1ccccn1)C(=O)O. The van der Waals surface area contributed by atoms with Crippen LogP contribution in [0.15, 0.2) is 30.0 Å². The summed E-state index contributed by atoms with van der Waals surface area (Å²) in [5, 5.41) is 8.55. The van der Waals surface area contributed by atoms with E-state index >= 15 is 0 Å². The molecule has 3 nitrogen and oxygen atoms in total. The molecule has 1 aromatic rings. The highest BCUT2D eigenvalue weighted by Gasteiger charge is 1.98. The van der Waals surface area contributed by atoms with E-state index in [1.165, 1.54) is 13.0 Å². The number of pyridine rings is 1. The van der Waals surface area contributed by atoms with Crippen molar-refractivity contribution in [2.75, 3.05) is 0 Å². The number of hydrogen-bond donors (Lipinski definition) is 1. The van der Waals surface area contributed by atoms with Gasteiger partial charge in [-0.3, -0.25) is 4.98 Å². The molecule has 1 heterocycles. The number of aliphatic carboxylic acids is 1. The summed E-state index contributed by atoms with van der Waals surface area (Å²) in [5.41, 5.74) is 0.950. The van der Waals surface area contributed by atoms with Crippen LogP contribution in [0.4, 0.5) is 0 Å². The van der Waals surface area contributed by atoms with Crippen molar-refractivity contribution in [1.82, 2.24) is 4.98 Å². The van der Waals surface area contributed by atoms with Crippen molar-refractivity contribution in [2.45, 2.75) is 6.92 Å². The van der Waals surface area contributed by atoms with Gasteiger partial charge in [-0.05, 0) is 25.1 Å². The van der Waals surface area contributed by atoms with Crippen LogP contribution in [-0.4, -0.2) is 16.1 Å². The van der Waals surface area contributed by atoms with Crippen molar-refractivity contribution in [1.29, 1.82) is 0 Å². The number of carboxylic acid groups (broad SMARTS) is 1. The molecule has 0 aliphatic rings. The van der Waals surface area contributed by atoms with Crippen molar-refractivity contribution in [3.8, 4) is 0 Å². The summed E-state index contributed by atoms with van der Waals surface area (Å²) in [4.78, 5) is 14.4. The normalized spacial score (nSPS) is 11.2. The van der Waals surface area contributed by atoms with Crippen molar-refractivity contribution in [3.05, 3.63) is 35.7 Å². The van der Waals surface area contributed by atoms with Crippen molar-refractivity contribution in [3.63, 3.8) is 0 Å². The Morgan fingerprint density at radius 2 is 2.33 bits per heavy atom. The molecular weight excluding hydrogens is 154 g/mol. The van der Waals surface area contributed by atoms with Gasteiger partial charge in [0.05, 0.1) is 5.69 Å². The van der Waals surface area contributed by atoms with E-state index in [1.54, 1.807) is 18.3 Å². The van der Waals surface area contributed by atoms with Gasteiger partial charge in [-0.25, -0.2) is 4.79 Å². The fraction of sp³-hybridized carbons (Fsp3) is 0.111. The second kappa shape index (κ2) is 3.67. The van der Waals surface area contributed by atoms with Crippen molar-refractivity contribution < 1.29 is 9.90 Å².